The summed E-state index contributed by atoms with van der Waals surface area (Å²) < 4.78 is 6.83. The lowest BCUT2D eigenvalue weighted by Gasteiger charge is -2.20. The number of amides is 2. The molecule has 38 heavy (non-hydrogen) atoms. The number of thioether (sulfide) groups is 1. The molecule has 1 heterocycles. The van der Waals surface area contributed by atoms with Crippen LogP contribution in [0.2, 0.25) is 10.0 Å². The first-order valence-corrected chi connectivity index (χ1v) is 13.1. The number of hydrogen-bond donors (Lipinski definition) is 3. The van der Waals surface area contributed by atoms with E-state index in [9.17, 15) is 14.4 Å². The minimum atomic E-state index is -1.01. The third-order valence-corrected chi connectivity index (χ3v) is 6.60. The van der Waals surface area contributed by atoms with Gasteiger partial charge in [-0.05, 0) is 45.7 Å². The minimum Gasteiger partial charge on any atom is -0.484 e. The lowest BCUT2D eigenvalue weighted by Crippen LogP contribution is -2.30. The third-order valence-electron chi connectivity index (χ3n) is 5.06. The quantitative estimate of drug-likeness (QED) is 0.286. The van der Waals surface area contributed by atoms with Crippen molar-refractivity contribution in [3.8, 4) is 11.4 Å². The molecule has 0 aliphatic rings. The smallest absolute Gasteiger partial charge is 0.305 e. The van der Waals surface area contributed by atoms with Crippen LogP contribution in [0.5, 0.6) is 5.75 Å². The largest absolute Gasteiger partial charge is 0.484 e. The van der Waals surface area contributed by atoms with Gasteiger partial charge in [-0.25, -0.2) is 0 Å². The molecule has 202 valence electrons. The molecule has 0 saturated carbocycles. The fraction of sp³-hybridized carbons (Fsp3) is 0.333. The number of aliphatic carboxylic acids is 1. The van der Waals surface area contributed by atoms with Crippen LogP contribution in [0, 0.1) is 0 Å². The molecule has 3 aromatic rings. The molecule has 0 radical (unpaired) electrons. The molecule has 0 aliphatic heterocycles. The molecule has 0 atom stereocenters. The van der Waals surface area contributed by atoms with Crippen LogP contribution in [0.3, 0.4) is 0 Å². The van der Waals surface area contributed by atoms with Crippen LogP contribution in [0.4, 0.5) is 5.69 Å². The Labute approximate surface area is 233 Å². The first-order chi connectivity index (χ1) is 17.9. The van der Waals surface area contributed by atoms with Gasteiger partial charge >= 0.3 is 5.97 Å². The summed E-state index contributed by atoms with van der Waals surface area (Å²) in [6.45, 7) is 5.97. The van der Waals surface area contributed by atoms with Gasteiger partial charge in [0.25, 0.3) is 5.91 Å². The maximum Gasteiger partial charge on any atom is 0.305 e. The average Bonchev–Trinajstić information content (AvgIpc) is 3.30. The number of benzene rings is 2. The SMILES string of the molecule is CC(C)(C)c1ccc(-n2nnnc2SCC(=O)Nc2ccc(OCC(=O)NCCC(=O)O)cc2Cl)c(Cl)c1. The van der Waals surface area contributed by atoms with Gasteiger partial charge in [0.15, 0.2) is 6.61 Å². The summed E-state index contributed by atoms with van der Waals surface area (Å²) in [4.78, 5) is 34.8. The number of nitrogens with zero attached hydrogens (tertiary/aromatic N) is 4. The van der Waals surface area contributed by atoms with Crippen molar-refractivity contribution < 1.29 is 24.2 Å². The predicted octanol–water partition coefficient (Wildman–Crippen LogP) is 3.97. The summed E-state index contributed by atoms with van der Waals surface area (Å²) in [5, 5.41) is 26.5. The van der Waals surface area contributed by atoms with Gasteiger partial charge in [0, 0.05) is 12.6 Å². The lowest BCUT2D eigenvalue weighted by atomic mass is 9.87. The second-order valence-electron chi connectivity index (χ2n) is 9.05. The molecule has 11 nitrogen and oxygen atoms in total. The summed E-state index contributed by atoms with van der Waals surface area (Å²) in [7, 11) is 0. The summed E-state index contributed by atoms with van der Waals surface area (Å²) >= 11 is 13.9. The highest BCUT2D eigenvalue weighted by Gasteiger charge is 2.19. The van der Waals surface area contributed by atoms with Gasteiger partial charge in [0.1, 0.15) is 5.75 Å². The molecule has 14 heteroatoms. The molecule has 1 aromatic heterocycles. The number of carbonyl (C=O) groups is 3. The van der Waals surface area contributed by atoms with E-state index in [-0.39, 0.29) is 41.7 Å². The van der Waals surface area contributed by atoms with Gasteiger partial charge in [-0.1, -0.05) is 61.8 Å². The number of anilines is 1. The highest BCUT2D eigenvalue weighted by atomic mass is 35.5. The van der Waals surface area contributed by atoms with Crippen molar-refractivity contribution in [1.29, 1.82) is 0 Å². The Morgan fingerprint density at radius 2 is 1.84 bits per heavy atom. The van der Waals surface area contributed by atoms with E-state index in [4.69, 9.17) is 33.0 Å². The van der Waals surface area contributed by atoms with Crippen molar-refractivity contribution >= 4 is 58.4 Å². The zero-order valence-electron chi connectivity index (χ0n) is 20.8. The summed E-state index contributed by atoms with van der Waals surface area (Å²) in [5.74, 6) is -1.51. The number of hydrogen-bond acceptors (Lipinski definition) is 8. The molecule has 3 N–H and O–H groups in total. The molecule has 0 unspecified atom stereocenters. The van der Waals surface area contributed by atoms with Gasteiger partial charge in [0.05, 0.1) is 33.6 Å². The first-order valence-electron chi connectivity index (χ1n) is 11.4. The van der Waals surface area contributed by atoms with Crippen molar-refractivity contribution in [2.24, 2.45) is 0 Å². The first kappa shape index (κ1) is 29.2. The van der Waals surface area contributed by atoms with Crippen LogP contribution < -0.4 is 15.4 Å². The zero-order chi connectivity index (χ0) is 27.9. The van der Waals surface area contributed by atoms with E-state index in [1.165, 1.54) is 10.7 Å². The van der Waals surface area contributed by atoms with Crippen molar-refractivity contribution in [1.82, 2.24) is 25.5 Å². The van der Waals surface area contributed by atoms with Crippen molar-refractivity contribution in [2.45, 2.75) is 37.8 Å². The zero-order valence-corrected chi connectivity index (χ0v) is 23.2. The van der Waals surface area contributed by atoms with Gasteiger partial charge in [-0.2, -0.15) is 4.68 Å². The molecule has 0 aliphatic carbocycles. The van der Waals surface area contributed by atoms with Crippen LogP contribution in [-0.2, 0) is 19.8 Å². The Kier molecular flexibility index (Phi) is 9.95. The molecule has 2 amide bonds. The van der Waals surface area contributed by atoms with E-state index in [0.29, 0.717) is 27.3 Å². The maximum atomic E-state index is 12.6. The second kappa shape index (κ2) is 12.9. The summed E-state index contributed by atoms with van der Waals surface area (Å²) in [5.41, 5.74) is 1.96. The average molecular weight is 581 g/mol. The minimum absolute atomic E-state index is 0.00314. The molecule has 0 bridgehead atoms. The topological polar surface area (TPSA) is 148 Å². The van der Waals surface area contributed by atoms with Crippen molar-refractivity contribution in [2.75, 3.05) is 24.2 Å². The molecule has 0 fully saturated rings. The Hall–Kier alpha value is -3.35. The maximum absolute atomic E-state index is 12.6. The number of nitrogens with one attached hydrogen (secondary N) is 2. The Morgan fingerprint density at radius 1 is 1.08 bits per heavy atom. The molecule has 0 spiro atoms. The summed E-state index contributed by atoms with van der Waals surface area (Å²) in [6, 6.07) is 10.2. The van der Waals surface area contributed by atoms with Gasteiger partial charge in [-0.15, -0.1) is 5.10 Å². The number of carbonyl (C=O) groups excluding carboxylic acids is 2. The van der Waals surface area contributed by atoms with E-state index in [1.807, 2.05) is 18.2 Å². The Bertz CT molecular complexity index is 1330. The number of carboxylic acids is 1. The van der Waals surface area contributed by atoms with Crippen LogP contribution in [-0.4, -0.2) is 62.0 Å². The number of carboxylic acid groups (broad SMARTS) is 1. The fourth-order valence-electron chi connectivity index (χ4n) is 3.08. The number of rotatable bonds is 11. The fourth-order valence-corrected chi connectivity index (χ4v) is 4.24. The lowest BCUT2D eigenvalue weighted by molar-refractivity contribution is -0.137. The molecular formula is C24H26Cl2N6O5S. The summed E-state index contributed by atoms with van der Waals surface area (Å²) in [6.07, 6.45) is -0.183. The Morgan fingerprint density at radius 3 is 2.50 bits per heavy atom. The van der Waals surface area contributed by atoms with Crippen LogP contribution in [0.15, 0.2) is 41.6 Å². The second-order valence-corrected chi connectivity index (χ2v) is 10.8. The van der Waals surface area contributed by atoms with Crippen molar-refractivity contribution in [3.05, 3.63) is 52.0 Å². The highest BCUT2D eigenvalue weighted by Crippen LogP contribution is 2.31. The van der Waals surface area contributed by atoms with Gasteiger partial charge in [-0.3, -0.25) is 14.4 Å². The predicted molar refractivity (Wildman–Crippen MR) is 144 cm³/mol. The molecule has 3 rings (SSSR count). The van der Waals surface area contributed by atoms with Crippen LogP contribution >= 0.6 is 35.0 Å². The van der Waals surface area contributed by atoms with E-state index < -0.39 is 11.9 Å². The van der Waals surface area contributed by atoms with E-state index in [2.05, 4.69) is 46.9 Å². The normalized spacial score (nSPS) is 11.2. The van der Waals surface area contributed by atoms with Crippen LogP contribution in [0.1, 0.15) is 32.8 Å². The third kappa shape index (κ3) is 8.33. The van der Waals surface area contributed by atoms with Gasteiger partial charge < -0.3 is 20.5 Å². The van der Waals surface area contributed by atoms with Crippen molar-refractivity contribution in [3.63, 3.8) is 0 Å². The van der Waals surface area contributed by atoms with E-state index in [0.717, 1.165) is 17.3 Å². The van der Waals surface area contributed by atoms with E-state index in [1.54, 1.807) is 12.1 Å². The molecule has 0 saturated heterocycles. The van der Waals surface area contributed by atoms with E-state index >= 15 is 0 Å². The monoisotopic (exact) mass is 580 g/mol. The molecule has 2 aromatic carbocycles. The number of aromatic nitrogens is 4. The number of ether oxygens (including phenoxy) is 1. The Balaban J connectivity index is 1.55. The standard InChI is InChI=1S/C24H26Cl2N6O5S/c1-24(2,3)14-4-7-19(17(26)10-14)32-23(29-30-31-32)38-13-21(34)28-18-6-5-15(11-16(18)25)37-12-20(33)27-9-8-22(35)36/h4-7,10-11H,8-9,12-13H2,1-3H3,(H,27,33)(H,28,34)(H,35,36). The van der Waals surface area contributed by atoms with Crippen LogP contribution in [0.25, 0.3) is 5.69 Å². The molecular weight excluding hydrogens is 555 g/mol. The van der Waals surface area contributed by atoms with Gasteiger partial charge in [0.2, 0.25) is 11.1 Å². The highest BCUT2D eigenvalue weighted by molar-refractivity contribution is 7.99. The number of halogens is 2. The number of tetrazole rings is 1.